The van der Waals surface area contributed by atoms with Gasteiger partial charge in [-0.3, -0.25) is 5.73 Å². The van der Waals surface area contributed by atoms with Gasteiger partial charge in [0.05, 0.1) is 0 Å². The van der Waals surface area contributed by atoms with Crippen LogP contribution in [0.15, 0.2) is 0 Å². The van der Waals surface area contributed by atoms with Gasteiger partial charge in [0, 0.05) is 0 Å². The summed E-state index contributed by atoms with van der Waals surface area (Å²) in [6, 6.07) is -5.33. The summed E-state index contributed by atoms with van der Waals surface area (Å²) in [5.74, 6) is -6.07. The molecule has 0 aliphatic heterocycles. The first-order valence-corrected chi connectivity index (χ1v) is 2.18. The van der Waals surface area contributed by atoms with Crippen molar-refractivity contribution in [1.29, 1.82) is 0 Å². The van der Waals surface area contributed by atoms with Gasteiger partial charge in [-0.2, -0.15) is 22.0 Å². The van der Waals surface area contributed by atoms with E-state index in [4.69, 9.17) is 0 Å². The number of hydrogen-bond acceptors (Lipinski definition) is 0. The van der Waals surface area contributed by atoms with Crippen LogP contribution in [-0.2, 0) is 0 Å². The Hall–Kier alpha value is -0.530. The first-order valence-electron chi connectivity index (χ1n) is 2.18. The van der Waals surface area contributed by atoms with Crippen LogP contribution in [0.3, 0.4) is 0 Å². The van der Waals surface area contributed by atoms with Crippen LogP contribution in [-0.4, -0.2) is 18.1 Å². The van der Waals surface area contributed by atoms with E-state index in [2.05, 4.69) is 0 Å². The molecule has 68 valence electrons. The standard InChI is InChI=1S/C3H2F7N/c4-1(5,2(6,7)8)3(9,10)11/h11H2/p+1. The van der Waals surface area contributed by atoms with E-state index in [1.54, 1.807) is 0 Å². The van der Waals surface area contributed by atoms with Crippen LogP contribution in [0.25, 0.3) is 0 Å². The van der Waals surface area contributed by atoms with E-state index in [1.807, 2.05) is 0 Å². The van der Waals surface area contributed by atoms with Crippen molar-refractivity contribution in [2.45, 2.75) is 18.1 Å². The van der Waals surface area contributed by atoms with Crippen LogP contribution in [0.4, 0.5) is 30.7 Å². The summed E-state index contributed by atoms with van der Waals surface area (Å²) in [7, 11) is 0. The molecule has 0 aliphatic rings. The van der Waals surface area contributed by atoms with E-state index < -0.39 is 18.1 Å². The Labute approximate surface area is 56.0 Å². The van der Waals surface area contributed by atoms with Crippen LogP contribution in [0, 0.1) is 0 Å². The third-order valence-electron chi connectivity index (χ3n) is 0.815. The maximum absolute atomic E-state index is 11.5. The lowest BCUT2D eigenvalue weighted by Crippen LogP contribution is -2.78. The van der Waals surface area contributed by atoms with Crippen molar-refractivity contribution >= 4 is 0 Å². The van der Waals surface area contributed by atoms with E-state index in [0.29, 0.717) is 0 Å². The van der Waals surface area contributed by atoms with E-state index >= 15 is 0 Å². The second kappa shape index (κ2) is 2.23. The molecule has 0 spiro atoms. The van der Waals surface area contributed by atoms with Gasteiger partial charge in [-0.15, -0.1) is 8.78 Å². The highest BCUT2D eigenvalue weighted by Crippen LogP contribution is 2.42. The fourth-order valence-electron chi connectivity index (χ4n) is 0.207. The van der Waals surface area contributed by atoms with E-state index in [9.17, 15) is 30.7 Å². The van der Waals surface area contributed by atoms with Crippen molar-refractivity contribution in [3.05, 3.63) is 0 Å². The second-order valence-electron chi connectivity index (χ2n) is 1.78. The molecule has 0 atom stereocenters. The summed E-state index contributed by atoms with van der Waals surface area (Å²) < 4.78 is 79.0. The zero-order valence-corrected chi connectivity index (χ0v) is 4.85. The second-order valence-corrected chi connectivity index (χ2v) is 1.78. The average molecular weight is 186 g/mol. The van der Waals surface area contributed by atoms with Gasteiger partial charge in [0.25, 0.3) is 0 Å². The minimum absolute atomic E-state index is 1.41. The predicted molar refractivity (Wildman–Crippen MR) is 18.8 cm³/mol. The highest BCUT2D eigenvalue weighted by Gasteiger charge is 2.75. The molecule has 0 heterocycles. The van der Waals surface area contributed by atoms with Crippen LogP contribution >= 0.6 is 0 Å². The molecule has 0 unspecified atom stereocenters. The van der Waals surface area contributed by atoms with E-state index in [0.717, 1.165) is 0 Å². The quantitative estimate of drug-likeness (QED) is 0.467. The number of quaternary nitrogens is 1. The van der Waals surface area contributed by atoms with Crippen molar-refractivity contribution in [3.63, 3.8) is 0 Å². The topological polar surface area (TPSA) is 27.6 Å². The summed E-state index contributed by atoms with van der Waals surface area (Å²) in [5, 5.41) is 0. The first kappa shape index (κ1) is 10.5. The van der Waals surface area contributed by atoms with Gasteiger partial charge in [-0.1, -0.05) is 0 Å². The number of alkyl halides is 7. The molecule has 0 rings (SSSR count). The molecule has 0 amide bonds. The maximum Gasteiger partial charge on any atom is 0.467 e. The lowest BCUT2D eigenvalue weighted by molar-refractivity contribution is -0.629. The Morgan fingerprint density at radius 3 is 1.00 bits per heavy atom. The number of rotatable bonds is 1. The number of halogens is 7. The van der Waals surface area contributed by atoms with Crippen LogP contribution in [0.1, 0.15) is 0 Å². The van der Waals surface area contributed by atoms with Crippen LogP contribution in [0.2, 0.25) is 0 Å². The van der Waals surface area contributed by atoms with Crippen LogP contribution in [0.5, 0.6) is 0 Å². The molecule has 0 fully saturated rings. The van der Waals surface area contributed by atoms with Gasteiger partial charge < -0.3 is 0 Å². The molecule has 0 bridgehead atoms. The smallest absolute Gasteiger partial charge is 0.291 e. The third-order valence-corrected chi connectivity index (χ3v) is 0.815. The summed E-state index contributed by atoms with van der Waals surface area (Å²) in [5.41, 5.74) is 1.41. The van der Waals surface area contributed by atoms with E-state index in [-0.39, 0.29) is 0 Å². The predicted octanol–water partition coefficient (Wildman–Crippen LogP) is 1.02. The highest BCUT2D eigenvalue weighted by molar-refractivity contribution is 4.81. The Morgan fingerprint density at radius 1 is 0.727 bits per heavy atom. The molecule has 0 aromatic heterocycles. The van der Waals surface area contributed by atoms with Crippen molar-refractivity contribution in [2.75, 3.05) is 0 Å². The van der Waals surface area contributed by atoms with Gasteiger partial charge in [-0.25, -0.2) is 0 Å². The van der Waals surface area contributed by atoms with Gasteiger partial charge in [0.2, 0.25) is 0 Å². The fraction of sp³-hybridized carbons (Fsp3) is 1.00. The van der Waals surface area contributed by atoms with Crippen molar-refractivity contribution < 1.29 is 36.5 Å². The van der Waals surface area contributed by atoms with Gasteiger partial charge >= 0.3 is 18.1 Å². The molecule has 3 N–H and O–H groups in total. The lowest BCUT2D eigenvalue weighted by Gasteiger charge is -2.21. The molecule has 0 saturated heterocycles. The van der Waals surface area contributed by atoms with Crippen molar-refractivity contribution in [3.8, 4) is 0 Å². The molecule has 0 radical (unpaired) electrons. The Bertz CT molecular complexity index is 125. The minimum Gasteiger partial charge on any atom is -0.291 e. The fourth-order valence-corrected chi connectivity index (χ4v) is 0.207. The molecule has 11 heavy (non-hydrogen) atoms. The maximum atomic E-state index is 11.5. The lowest BCUT2D eigenvalue weighted by atomic mass is 10.3. The highest BCUT2D eigenvalue weighted by atomic mass is 19.4. The molecular weight excluding hydrogens is 183 g/mol. The molecule has 0 saturated carbocycles. The summed E-state index contributed by atoms with van der Waals surface area (Å²) >= 11 is 0. The molecule has 0 aliphatic carbocycles. The largest absolute Gasteiger partial charge is 0.467 e. The van der Waals surface area contributed by atoms with E-state index in [1.165, 1.54) is 5.73 Å². The SMILES string of the molecule is [NH3+]C(F)(F)C(F)(F)C(F)(F)F. The Kier molecular flexibility index (Phi) is 2.12. The normalized spacial score (nSPS) is 15.3. The summed E-state index contributed by atoms with van der Waals surface area (Å²) in [6.45, 7) is 0. The monoisotopic (exact) mass is 186 g/mol. The van der Waals surface area contributed by atoms with Gasteiger partial charge in [-0.05, 0) is 0 Å². The van der Waals surface area contributed by atoms with Crippen molar-refractivity contribution in [2.24, 2.45) is 0 Å². The molecule has 0 aromatic rings. The molecule has 8 heteroatoms. The Morgan fingerprint density at radius 2 is 1.00 bits per heavy atom. The Balaban J connectivity index is 4.75. The summed E-state index contributed by atoms with van der Waals surface area (Å²) in [6.07, 6.45) is -6.27. The average Bonchev–Trinajstić information content (AvgIpc) is 1.58. The molecule has 0 aromatic carbocycles. The minimum atomic E-state index is -6.27. The summed E-state index contributed by atoms with van der Waals surface area (Å²) in [4.78, 5) is 0. The zero-order valence-electron chi connectivity index (χ0n) is 4.85. The van der Waals surface area contributed by atoms with Crippen molar-refractivity contribution in [1.82, 2.24) is 0 Å². The molecular formula is C3H3F7N+. The van der Waals surface area contributed by atoms with Gasteiger partial charge in [0.15, 0.2) is 0 Å². The molecule has 1 nitrogen and oxygen atoms in total. The first-order chi connectivity index (χ1) is 4.50. The third kappa shape index (κ3) is 1.73. The number of hydrogen-bond donors (Lipinski definition) is 1. The zero-order chi connectivity index (χ0) is 9.50. The van der Waals surface area contributed by atoms with Crippen LogP contribution < -0.4 is 5.73 Å². The van der Waals surface area contributed by atoms with Gasteiger partial charge in [0.1, 0.15) is 0 Å².